The maximum atomic E-state index is 13.4. The Bertz CT molecular complexity index is 481. The van der Waals surface area contributed by atoms with Crippen molar-refractivity contribution in [3.05, 3.63) is 29.6 Å². The number of aryl methyl sites for hydroxylation is 1. The molecular weight excluding hydrogens is 263 g/mol. The number of carbonyl (C=O) groups is 1. The lowest BCUT2D eigenvalue weighted by Gasteiger charge is -2.33. The van der Waals surface area contributed by atoms with Gasteiger partial charge in [0, 0.05) is 12.2 Å². The van der Waals surface area contributed by atoms with Crippen molar-refractivity contribution in [1.82, 2.24) is 4.90 Å². The summed E-state index contributed by atoms with van der Waals surface area (Å²) in [4.78, 5) is 13.8. The lowest BCUT2D eigenvalue weighted by Crippen LogP contribution is -2.50. The third-order valence-corrected chi connectivity index (χ3v) is 3.36. The molecule has 6 heteroatoms. The van der Waals surface area contributed by atoms with Crippen molar-refractivity contribution in [2.45, 2.75) is 13.0 Å². The fraction of sp³-hybridized carbons (Fsp3) is 0.500. The van der Waals surface area contributed by atoms with Crippen molar-refractivity contribution >= 4 is 11.6 Å². The molecule has 0 aromatic heterocycles. The Morgan fingerprint density at radius 1 is 1.60 bits per heavy atom. The predicted octanol–water partition coefficient (Wildman–Crippen LogP) is 0.766. The summed E-state index contributed by atoms with van der Waals surface area (Å²) in [6, 6.07) is 4.43. The third kappa shape index (κ3) is 3.75. The molecular formula is C14H19FN2O3. The van der Waals surface area contributed by atoms with Crippen LogP contribution in [-0.4, -0.2) is 54.9 Å². The fourth-order valence-electron chi connectivity index (χ4n) is 2.12. The van der Waals surface area contributed by atoms with Gasteiger partial charge in [0.05, 0.1) is 32.4 Å². The van der Waals surface area contributed by atoms with Crippen molar-refractivity contribution in [2.24, 2.45) is 0 Å². The highest BCUT2D eigenvalue weighted by atomic mass is 19.1. The van der Waals surface area contributed by atoms with Gasteiger partial charge < -0.3 is 15.2 Å². The number of carbonyl (C=O) groups excluding carboxylic acids is 1. The van der Waals surface area contributed by atoms with E-state index in [1.807, 2.05) is 4.90 Å². The molecule has 1 aliphatic rings. The Kier molecular flexibility index (Phi) is 5.05. The second kappa shape index (κ2) is 6.78. The van der Waals surface area contributed by atoms with Crippen molar-refractivity contribution < 1.29 is 19.0 Å². The van der Waals surface area contributed by atoms with Gasteiger partial charge in [0.2, 0.25) is 5.91 Å². The van der Waals surface area contributed by atoms with Gasteiger partial charge in [-0.05, 0) is 24.6 Å². The van der Waals surface area contributed by atoms with Crippen LogP contribution in [0.15, 0.2) is 18.2 Å². The van der Waals surface area contributed by atoms with E-state index in [9.17, 15) is 14.3 Å². The first-order valence-electron chi connectivity index (χ1n) is 6.59. The number of hydrogen-bond acceptors (Lipinski definition) is 4. The Labute approximate surface area is 117 Å². The van der Waals surface area contributed by atoms with E-state index < -0.39 is 0 Å². The summed E-state index contributed by atoms with van der Waals surface area (Å²) in [5.41, 5.74) is 0.975. The van der Waals surface area contributed by atoms with Crippen LogP contribution >= 0.6 is 0 Å². The Morgan fingerprint density at radius 3 is 3.10 bits per heavy atom. The molecule has 110 valence electrons. The number of ether oxygens (including phenoxy) is 1. The number of anilines is 1. The Balaban J connectivity index is 1.92. The van der Waals surface area contributed by atoms with Gasteiger partial charge in [-0.3, -0.25) is 9.69 Å². The minimum atomic E-state index is -0.345. The molecule has 0 spiro atoms. The second-order valence-electron chi connectivity index (χ2n) is 4.89. The molecule has 1 atom stereocenters. The molecule has 5 nitrogen and oxygen atoms in total. The second-order valence-corrected chi connectivity index (χ2v) is 4.89. The van der Waals surface area contributed by atoms with Gasteiger partial charge in [0.1, 0.15) is 5.82 Å². The first-order chi connectivity index (χ1) is 9.60. The van der Waals surface area contributed by atoms with E-state index in [-0.39, 0.29) is 30.9 Å². The summed E-state index contributed by atoms with van der Waals surface area (Å²) in [7, 11) is 0. The van der Waals surface area contributed by atoms with Crippen LogP contribution < -0.4 is 5.32 Å². The topological polar surface area (TPSA) is 61.8 Å². The van der Waals surface area contributed by atoms with Crippen LogP contribution in [0.3, 0.4) is 0 Å². The van der Waals surface area contributed by atoms with E-state index in [0.717, 1.165) is 0 Å². The molecule has 20 heavy (non-hydrogen) atoms. The molecule has 2 N–H and O–H groups in total. The number of aliphatic hydroxyl groups is 1. The third-order valence-electron chi connectivity index (χ3n) is 3.36. The average Bonchev–Trinajstić information content (AvgIpc) is 2.43. The number of nitrogens with zero attached hydrogens (tertiary/aromatic N) is 1. The van der Waals surface area contributed by atoms with Crippen molar-refractivity contribution in [2.75, 3.05) is 38.2 Å². The molecule has 0 saturated carbocycles. The molecule has 1 aliphatic heterocycles. The summed E-state index contributed by atoms with van der Waals surface area (Å²) in [6.07, 6.45) is 0. The minimum absolute atomic E-state index is 0.0492. The van der Waals surface area contributed by atoms with Crippen LogP contribution in [-0.2, 0) is 9.53 Å². The van der Waals surface area contributed by atoms with Crippen LogP contribution in [0, 0.1) is 12.7 Å². The van der Waals surface area contributed by atoms with Crippen LogP contribution in [0.25, 0.3) is 0 Å². The molecule has 2 rings (SSSR count). The SMILES string of the molecule is Cc1ccc(NC(=O)CN2CCOCC2CO)cc1F. The standard InChI is InChI=1S/C14H19FN2O3/c1-10-2-3-11(6-13(10)15)16-14(19)7-17-4-5-20-9-12(17)8-18/h2-3,6,12,18H,4-5,7-9H2,1H3,(H,16,19). The summed E-state index contributed by atoms with van der Waals surface area (Å²) in [5.74, 6) is -0.573. The largest absolute Gasteiger partial charge is 0.395 e. The highest BCUT2D eigenvalue weighted by Crippen LogP contribution is 2.14. The average molecular weight is 282 g/mol. The molecule has 1 saturated heterocycles. The van der Waals surface area contributed by atoms with Crippen LogP contribution in [0.4, 0.5) is 10.1 Å². The zero-order valence-electron chi connectivity index (χ0n) is 11.4. The maximum Gasteiger partial charge on any atom is 0.238 e. The van der Waals surface area contributed by atoms with Gasteiger partial charge in [0.15, 0.2) is 0 Å². The summed E-state index contributed by atoms with van der Waals surface area (Å²) in [5, 5.41) is 11.9. The number of rotatable bonds is 4. The molecule has 1 amide bonds. The smallest absolute Gasteiger partial charge is 0.238 e. The van der Waals surface area contributed by atoms with Gasteiger partial charge in [-0.1, -0.05) is 6.07 Å². The highest BCUT2D eigenvalue weighted by molar-refractivity contribution is 5.92. The molecule has 1 aromatic carbocycles. The first-order valence-corrected chi connectivity index (χ1v) is 6.59. The number of morpholine rings is 1. The number of hydrogen-bond donors (Lipinski definition) is 2. The Hall–Kier alpha value is -1.50. The van der Waals surface area contributed by atoms with E-state index in [4.69, 9.17) is 4.74 Å². The van der Waals surface area contributed by atoms with Gasteiger partial charge >= 0.3 is 0 Å². The van der Waals surface area contributed by atoms with E-state index >= 15 is 0 Å². The molecule has 1 heterocycles. The van der Waals surface area contributed by atoms with E-state index in [1.54, 1.807) is 19.1 Å². The lowest BCUT2D eigenvalue weighted by molar-refractivity contribution is -0.120. The quantitative estimate of drug-likeness (QED) is 0.856. The molecule has 0 radical (unpaired) electrons. The van der Waals surface area contributed by atoms with Gasteiger partial charge in [0.25, 0.3) is 0 Å². The normalized spacial score (nSPS) is 19.9. The highest BCUT2D eigenvalue weighted by Gasteiger charge is 2.24. The van der Waals surface area contributed by atoms with E-state index in [1.165, 1.54) is 6.07 Å². The van der Waals surface area contributed by atoms with Crippen LogP contribution in [0.2, 0.25) is 0 Å². The fourth-order valence-corrected chi connectivity index (χ4v) is 2.12. The number of nitrogens with one attached hydrogen (secondary N) is 1. The molecule has 0 bridgehead atoms. The first kappa shape index (κ1) is 14.9. The molecule has 0 aliphatic carbocycles. The van der Waals surface area contributed by atoms with E-state index in [2.05, 4.69) is 5.32 Å². The summed E-state index contributed by atoms with van der Waals surface area (Å²) < 4.78 is 18.6. The van der Waals surface area contributed by atoms with Crippen molar-refractivity contribution in [3.8, 4) is 0 Å². The van der Waals surface area contributed by atoms with Crippen LogP contribution in [0.1, 0.15) is 5.56 Å². The van der Waals surface area contributed by atoms with Gasteiger partial charge in [-0.2, -0.15) is 0 Å². The monoisotopic (exact) mass is 282 g/mol. The van der Waals surface area contributed by atoms with Crippen molar-refractivity contribution in [1.29, 1.82) is 0 Å². The maximum absolute atomic E-state index is 13.4. The number of aliphatic hydroxyl groups excluding tert-OH is 1. The zero-order valence-corrected chi connectivity index (χ0v) is 11.4. The number of halogens is 1. The molecule has 1 aromatic rings. The van der Waals surface area contributed by atoms with Gasteiger partial charge in [-0.15, -0.1) is 0 Å². The zero-order chi connectivity index (χ0) is 14.5. The predicted molar refractivity (Wildman–Crippen MR) is 73.0 cm³/mol. The minimum Gasteiger partial charge on any atom is -0.395 e. The van der Waals surface area contributed by atoms with Crippen LogP contribution in [0.5, 0.6) is 0 Å². The van der Waals surface area contributed by atoms with E-state index in [0.29, 0.717) is 31.0 Å². The summed E-state index contributed by atoms with van der Waals surface area (Å²) >= 11 is 0. The number of amides is 1. The summed E-state index contributed by atoms with van der Waals surface area (Å²) in [6.45, 7) is 3.34. The Morgan fingerprint density at radius 2 is 2.40 bits per heavy atom. The molecule has 1 unspecified atom stereocenters. The molecule has 1 fully saturated rings. The van der Waals surface area contributed by atoms with Crippen molar-refractivity contribution in [3.63, 3.8) is 0 Å². The number of benzene rings is 1. The lowest BCUT2D eigenvalue weighted by atomic mass is 10.2. The van der Waals surface area contributed by atoms with Gasteiger partial charge in [-0.25, -0.2) is 4.39 Å².